The van der Waals surface area contributed by atoms with Gasteiger partial charge in [-0.15, -0.1) is 0 Å². The molecule has 1 aliphatic rings. The summed E-state index contributed by atoms with van der Waals surface area (Å²) in [5.41, 5.74) is 4.47. The van der Waals surface area contributed by atoms with Crippen LogP contribution in [0.25, 0.3) is 10.9 Å². The molecule has 1 fully saturated rings. The third-order valence-electron chi connectivity index (χ3n) is 7.93. The maximum atomic E-state index is 13.0. The van der Waals surface area contributed by atoms with Gasteiger partial charge in [0, 0.05) is 60.9 Å². The standard InChI is InChI=1S/C31H36N6O3/c1-21(20-38)36-15-11-23(12-16-36)22-4-6-24(7-5-22)30(39)34-29-19-27(10-14-33-29)35(3)26-8-9-28-25(18-26)13-17-37(28)31(40)32-2/h4-10,13-14,17-19,21,23,38H,11-12,15-16,20H2,1-3H3,(H,32,40)(H,33,34,39). The molecular weight excluding hydrogens is 504 g/mol. The first-order valence-electron chi connectivity index (χ1n) is 13.7. The molecule has 5 rings (SSSR count). The Morgan fingerprint density at radius 2 is 1.77 bits per heavy atom. The van der Waals surface area contributed by atoms with E-state index in [4.69, 9.17) is 0 Å². The van der Waals surface area contributed by atoms with Crippen molar-refractivity contribution in [1.29, 1.82) is 0 Å². The van der Waals surface area contributed by atoms with Crippen molar-refractivity contribution >= 4 is 40.0 Å². The van der Waals surface area contributed by atoms with Gasteiger partial charge in [0.2, 0.25) is 0 Å². The minimum absolute atomic E-state index is 0.186. The molecule has 9 heteroatoms. The zero-order valence-electron chi connectivity index (χ0n) is 23.2. The number of hydrogen-bond donors (Lipinski definition) is 3. The van der Waals surface area contributed by atoms with Gasteiger partial charge in [0.05, 0.1) is 12.1 Å². The number of piperidine rings is 1. The normalized spacial score (nSPS) is 15.1. The van der Waals surface area contributed by atoms with Gasteiger partial charge in [-0.05, 0) is 86.8 Å². The number of amides is 2. The van der Waals surface area contributed by atoms with E-state index in [0.717, 1.165) is 48.2 Å². The lowest BCUT2D eigenvalue weighted by atomic mass is 9.88. The quantitative estimate of drug-likeness (QED) is 0.311. The molecule has 40 heavy (non-hydrogen) atoms. The summed E-state index contributed by atoms with van der Waals surface area (Å²) in [5, 5.41) is 15.9. The van der Waals surface area contributed by atoms with E-state index in [1.807, 2.05) is 60.5 Å². The Balaban J connectivity index is 1.23. The van der Waals surface area contributed by atoms with Gasteiger partial charge in [-0.25, -0.2) is 9.78 Å². The van der Waals surface area contributed by atoms with E-state index < -0.39 is 0 Å². The van der Waals surface area contributed by atoms with Crippen molar-refractivity contribution in [2.75, 3.05) is 44.0 Å². The molecule has 1 unspecified atom stereocenters. The van der Waals surface area contributed by atoms with Crippen LogP contribution < -0.4 is 15.5 Å². The predicted molar refractivity (Wildman–Crippen MR) is 159 cm³/mol. The number of fused-ring (bicyclic) bond motifs is 1. The van der Waals surface area contributed by atoms with Crippen molar-refractivity contribution in [3.8, 4) is 0 Å². The highest BCUT2D eigenvalue weighted by atomic mass is 16.3. The molecule has 3 N–H and O–H groups in total. The molecule has 2 aromatic carbocycles. The highest BCUT2D eigenvalue weighted by Gasteiger charge is 2.23. The molecule has 0 aliphatic carbocycles. The fourth-order valence-electron chi connectivity index (χ4n) is 5.37. The Morgan fingerprint density at radius 1 is 1.05 bits per heavy atom. The largest absolute Gasteiger partial charge is 0.395 e. The van der Waals surface area contributed by atoms with Gasteiger partial charge >= 0.3 is 6.03 Å². The Labute approximate surface area is 234 Å². The number of aliphatic hydroxyl groups is 1. The molecule has 3 heterocycles. The minimum Gasteiger partial charge on any atom is -0.395 e. The van der Waals surface area contributed by atoms with Crippen LogP contribution in [-0.2, 0) is 0 Å². The first kappa shape index (κ1) is 27.4. The van der Waals surface area contributed by atoms with Gasteiger partial charge < -0.3 is 20.6 Å². The highest BCUT2D eigenvalue weighted by molar-refractivity contribution is 6.04. The molecule has 9 nitrogen and oxygen atoms in total. The van der Waals surface area contributed by atoms with Crippen LogP contribution in [-0.4, -0.2) is 71.3 Å². The Morgan fingerprint density at radius 3 is 2.48 bits per heavy atom. The number of aromatic nitrogens is 2. The number of nitrogens with one attached hydrogen (secondary N) is 2. The van der Waals surface area contributed by atoms with Crippen LogP contribution in [0.15, 0.2) is 73.1 Å². The van der Waals surface area contributed by atoms with Crippen LogP contribution in [0.4, 0.5) is 22.0 Å². The molecule has 1 aliphatic heterocycles. The first-order chi connectivity index (χ1) is 19.4. The smallest absolute Gasteiger partial charge is 0.325 e. The number of nitrogens with zero attached hydrogens (tertiary/aromatic N) is 4. The molecule has 0 radical (unpaired) electrons. The summed E-state index contributed by atoms with van der Waals surface area (Å²) >= 11 is 0. The number of aliphatic hydroxyl groups excluding tert-OH is 1. The number of carbonyl (C=O) groups excluding carboxylic acids is 2. The van der Waals surface area contributed by atoms with E-state index in [1.54, 1.807) is 24.0 Å². The summed E-state index contributed by atoms with van der Waals surface area (Å²) in [6, 6.07) is 19.4. The second-order valence-electron chi connectivity index (χ2n) is 10.4. The van der Waals surface area contributed by atoms with Crippen molar-refractivity contribution in [3.05, 3.63) is 84.2 Å². The van der Waals surface area contributed by atoms with Crippen LogP contribution >= 0.6 is 0 Å². The van der Waals surface area contributed by atoms with E-state index in [1.165, 1.54) is 5.56 Å². The van der Waals surface area contributed by atoms with Crippen LogP contribution in [0.2, 0.25) is 0 Å². The number of carbonyl (C=O) groups is 2. The van der Waals surface area contributed by atoms with Crippen LogP contribution in [0.5, 0.6) is 0 Å². The number of rotatable bonds is 7. The Hall–Kier alpha value is -4.21. The number of anilines is 3. The van der Waals surface area contributed by atoms with Gasteiger partial charge in [0.1, 0.15) is 5.82 Å². The van der Waals surface area contributed by atoms with E-state index >= 15 is 0 Å². The second-order valence-corrected chi connectivity index (χ2v) is 10.4. The molecule has 2 amide bonds. The average Bonchev–Trinajstić information content (AvgIpc) is 3.43. The maximum Gasteiger partial charge on any atom is 0.325 e. The molecule has 0 saturated carbocycles. The Kier molecular flexibility index (Phi) is 8.14. The van der Waals surface area contributed by atoms with Crippen LogP contribution in [0.1, 0.15) is 41.6 Å². The van der Waals surface area contributed by atoms with E-state index in [2.05, 4.69) is 39.6 Å². The summed E-state index contributed by atoms with van der Waals surface area (Å²) in [6.07, 6.45) is 5.52. The van der Waals surface area contributed by atoms with Gasteiger partial charge in [0.25, 0.3) is 5.91 Å². The van der Waals surface area contributed by atoms with Gasteiger partial charge in [-0.3, -0.25) is 14.3 Å². The molecule has 0 bridgehead atoms. The molecule has 2 aromatic heterocycles. The minimum atomic E-state index is -0.206. The third kappa shape index (κ3) is 5.71. The topological polar surface area (TPSA) is 103 Å². The lowest BCUT2D eigenvalue weighted by Gasteiger charge is -2.35. The van der Waals surface area contributed by atoms with Crippen molar-refractivity contribution in [2.24, 2.45) is 0 Å². The van der Waals surface area contributed by atoms with E-state index in [-0.39, 0.29) is 24.6 Å². The van der Waals surface area contributed by atoms with Gasteiger partial charge in [0.15, 0.2) is 0 Å². The summed E-state index contributed by atoms with van der Waals surface area (Å²) in [7, 11) is 3.56. The summed E-state index contributed by atoms with van der Waals surface area (Å²) in [4.78, 5) is 33.8. The molecule has 1 atom stereocenters. The van der Waals surface area contributed by atoms with Crippen LogP contribution in [0.3, 0.4) is 0 Å². The summed E-state index contributed by atoms with van der Waals surface area (Å²) < 4.78 is 1.58. The molecule has 1 saturated heterocycles. The highest BCUT2D eigenvalue weighted by Crippen LogP contribution is 2.30. The Bertz CT molecular complexity index is 1490. The third-order valence-corrected chi connectivity index (χ3v) is 7.93. The lowest BCUT2D eigenvalue weighted by Crippen LogP contribution is -2.41. The molecule has 208 valence electrons. The predicted octanol–water partition coefficient (Wildman–Crippen LogP) is 4.80. The summed E-state index contributed by atoms with van der Waals surface area (Å²) in [5.74, 6) is 0.729. The van der Waals surface area contributed by atoms with E-state index in [9.17, 15) is 14.7 Å². The number of likely N-dealkylation sites (tertiary alicyclic amines) is 1. The SMILES string of the molecule is CNC(=O)n1ccc2cc(N(C)c3ccnc(NC(=O)c4ccc(C5CCN(C(C)CO)CC5)cc4)c3)ccc21. The second kappa shape index (κ2) is 11.9. The maximum absolute atomic E-state index is 13.0. The first-order valence-corrected chi connectivity index (χ1v) is 13.7. The molecule has 4 aromatic rings. The van der Waals surface area contributed by atoms with Crippen molar-refractivity contribution < 1.29 is 14.7 Å². The van der Waals surface area contributed by atoms with Crippen molar-refractivity contribution in [2.45, 2.75) is 31.7 Å². The average molecular weight is 541 g/mol. The van der Waals surface area contributed by atoms with Crippen molar-refractivity contribution in [1.82, 2.24) is 19.8 Å². The monoisotopic (exact) mass is 540 g/mol. The van der Waals surface area contributed by atoms with Gasteiger partial charge in [-0.1, -0.05) is 12.1 Å². The van der Waals surface area contributed by atoms with E-state index in [0.29, 0.717) is 17.3 Å². The number of pyridine rings is 1. The lowest BCUT2D eigenvalue weighted by molar-refractivity contribution is 0.102. The summed E-state index contributed by atoms with van der Waals surface area (Å²) in [6.45, 7) is 4.20. The molecular formula is C31H36N6O3. The number of benzene rings is 2. The van der Waals surface area contributed by atoms with Gasteiger partial charge in [-0.2, -0.15) is 0 Å². The zero-order chi connectivity index (χ0) is 28.2. The zero-order valence-corrected chi connectivity index (χ0v) is 23.2. The fraction of sp³-hybridized carbons (Fsp3) is 0.323. The van der Waals surface area contributed by atoms with Crippen LogP contribution in [0, 0.1) is 0 Å². The fourth-order valence-corrected chi connectivity index (χ4v) is 5.37. The van der Waals surface area contributed by atoms with Crippen molar-refractivity contribution in [3.63, 3.8) is 0 Å². The molecule has 0 spiro atoms. The number of hydrogen-bond acceptors (Lipinski definition) is 6.